The van der Waals surface area contributed by atoms with Crippen LogP contribution in [0.1, 0.15) is 200 Å². The van der Waals surface area contributed by atoms with Crippen molar-refractivity contribution in [1.82, 2.24) is 10.3 Å². The van der Waals surface area contributed by atoms with Gasteiger partial charge in [0.05, 0.1) is 13.2 Å². The molecule has 0 bridgehead atoms. The van der Waals surface area contributed by atoms with Crippen LogP contribution in [0.4, 0.5) is 0 Å². The van der Waals surface area contributed by atoms with Gasteiger partial charge in [0.2, 0.25) is 5.91 Å². The summed E-state index contributed by atoms with van der Waals surface area (Å²) in [5.74, 6) is -0.521. The molecule has 0 radical (unpaired) electrons. The number of hydrogen-bond acceptors (Lipinski definition) is 11. The Balaban J connectivity index is 2.37. The molecule has 0 aromatic carbocycles. The van der Waals surface area contributed by atoms with Crippen LogP contribution in [0.15, 0.2) is 29.4 Å². The van der Waals surface area contributed by atoms with Crippen LogP contribution in [0.25, 0.3) is 0 Å². The van der Waals surface area contributed by atoms with E-state index in [2.05, 4.69) is 24.1 Å². The molecule has 1 amide bonds. The molecule has 0 aliphatic heterocycles. The molecule has 0 saturated carbocycles. The number of pyridine rings is 1. The summed E-state index contributed by atoms with van der Waals surface area (Å²) in [7, 11) is -1.55. The number of aromatic nitrogens is 1. The van der Waals surface area contributed by atoms with Gasteiger partial charge in [0.1, 0.15) is 11.6 Å². The van der Waals surface area contributed by atoms with E-state index in [1.807, 2.05) is 18.2 Å². The summed E-state index contributed by atoms with van der Waals surface area (Å²) in [5, 5.41) is 3.52. The molecule has 1 rings (SSSR count). The van der Waals surface area contributed by atoms with Gasteiger partial charge in [-0.1, -0.05) is 185 Å². The Hall–Kier alpha value is -1.63. The zero-order chi connectivity index (χ0) is 42.9. The molecule has 1 aromatic rings. The highest BCUT2D eigenvalue weighted by Crippen LogP contribution is 2.43. The number of unbranched alkanes of at least 4 members (excludes halogenated alkanes) is 24. The standard InChI is InChI=1S/C45H81N2O9PS2/c1-3-5-7-9-11-13-15-17-19-21-23-25-27-32-44(49)53-39-41(56-45(50)33-28-26-24-22-20-18-16-14-12-10-8-6-4-2)40-55-57(51,52)54-37-36-46-42(48)34-38-58-59-43-31-29-30-35-47-43/h29-31,35,41H,3-28,32-34,36-40H2,1-2H3,(H,46,48)(H,51,52)/t41-/m1/s1. The van der Waals surface area contributed by atoms with Gasteiger partial charge in [-0.25, -0.2) is 9.55 Å². The van der Waals surface area contributed by atoms with Crippen molar-refractivity contribution in [3.63, 3.8) is 0 Å². The van der Waals surface area contributed by atoms with Gasteiger partial charge in [-0.2, -0.15) is 0 Å². The minimum absolute atomic E-state index is 0.0130. The lowest BCUT2D eigenvalue weighted by atomic mass is 10.0. The summed E-state index contributed by atoms with van der Waals surface area (Å²) in [5.41, 5.74) is 0. The molecule has 2 N–H and O–H groups in total. The van der Waals surface area contributed by atoms with Crippen molar-refractivity contribution in [2.75, 3.05) is 32.1 Å². The van der Waals surface area contributed by atoms with Gasteiger partial charge < -0.3 is 19.7 Å². The molecule has 1 aromatic heterocycles. The number of rotatable bonds is 43. The lowest BCUT2D eigenvalue weighted by Gasteiger charge is -2.20. The molecule has 59 heavy (non-hydrogen) atoms. The summed E-state index contributed by atoms with van der Waals surface area (Å²) in [6.07, 6.45) is 32.6. The summed E-state index contributed by atoms with van der Waals surface area (Å²) >= 11 is 0. The number of amides is 1. The number of nitrogens with one attached hydrogen (secondary N) is 1. The van der Waals surface area contributed by atoms with Crippen molar-refractivity contribution in [3.05, 3.63) is 24.4 Å². The molecule has 0 aliphatic rings. The van der Waals surface area contributed by atoms with Gasteiger partial charge in [-0.15, -0.1) is 0 Å². The van der Waals surface area contributed by atoms with Gasteiger partial charge in [0.15, 0.2) is 6.10 Å². The minimum atomic E-state index is -4.55. The van der Waals surface area contributed by atoms with Crippen molar-refractivity contribution in [2.24, 2.45) is 0 Å². The van der Waals surface area contributed by atoms with Crippen molar-refractivity contribution in [3.8, 4) is 0 Å². The van der Waals surface area contributed by atoms with E-state index in [4.69, 9.17) is 18.5 Å². The number of carbonyl (C=O) groups excluding carboxylic acids is 3. The highest BCUT2D eigenvalue weighted by molar-refractivity contribution is 8.76. The Morgan fingerprint density at radius 2 is 1.15 bits per heavy atom. The van der Waals surface area contributed by atoms with Crippen molar-refractivity contribution in [2.45, 2.75) is 211 Å². The second-order valence-corrected chi connectivity index (χ2v) is 19.4. The fourth-order valence-electron chi connectivity index (χ4n) is 6.48. The maximum Gasteiger partial charge on any atom is 0.472 e. The van der Waals surface area contributed by atoms with Gasteiger partial charge >= 0.3 is 19.8 Å². The van der Waals surface area contributed by atoms with Crippen LogP contribution in [0.5, 0.6) is 0 Å². The molecule has 14 heteroatoms. The van der Waals surface area contributed by atoms with E-state index >= 15 is 0 Å². The Kier molecular flexibility index (Phi) is 38.0. The number of phosphoric acid groups is 1. The maximum absolute atomic E-state index is 12.7. The first-order chi connectivity index (χ1) is 28.8. The fourth-order valence-corrected chi connectivity index (χ4v) is 9.10. The Bertz CT molecular complexity index is 1200. The van der Waals surface area contributed by atoms with Crippen LogP contribution < -0.4 is 5.32 Å². The Morgan fingerprint density at radius 3 is 1.64 bits per heavy atom. The number of ether oxygens (including phenoxy) is 2. The number of phosphoric ester groups is 1. The predicted molar refractivity (Wildman–Crippen MR) is 243 cm³/mol. The van der Waals surface area contributed by atoms with E-state index in [9.17, 15) is 23.8 Å². The summed E-state index contributed by atoms with van der Waals surface area (Å²) in [4.78, 5) is 52.0. The molecule has 342 valence electrons. The molecule has 0 fully saturated rings. The van der Waals surface area contributed by atoms with Gasteiger partial charge in [0.25, 0.3) is 0 Å². The van der Waals surface area contributed by atoms with Gasteiger partial charge in [-0.3, -0.25) is 23.4 Å². The number of esters is 2. The molecule has 0 aliphatic carbocycles. The fraction of sp³-hybridized carbons (Fsp3) is 0.822. The zero-order valence-electron chi connectivity index (χ0n) is 36.9. The van der Waals surface area contributed by atoms with E-state index in [0.29, 0.717) is 12.2 Å². The first-order valence-corrected chi connectivity index (χ1v) is 27.0. The van der Waals surface area contributed by atoms with Crippen LogP contribution in [0, 0.1) is 0 Å². The lowest BCUT2D eigenvalue weighted by Crippen LogP contribution is -2.30. The third kappa shape index (κ3) is 37.8. The highest BCUT2D eigenvalue weighted by atomic mass is 33.1. The topological polar surface area (TPSA) is 150 Å². The van der Waals surface area contributed by atoms with E-state index in [1.54, 1.807) is 6.20 Å². The number of carbonyl (C=O) groups is 3. The maximum atomic E-state index is 12.7. The SMILES string of the molecule is CCCCCCCCCCCCCCCC(=O)OC[C@H](COP(=O)(O)OCCNC(=O)CCSSc1ccccn1)OC(=O)CCCCCCCCCCCCCCC. The molecular formula is C45H81N2O9PS2. The van der Waals surface area contributed by atoms with Crippen molar-refractivity contribution < 1.29 is 42.4 Å². The molecule has 0 spiro atoms. The first kappa shape index (κ1) is 55.4. The number of nitrogens with zero attached hydrogens (tertiary/aromatic N) is 1. The largest absolute Gasteiger partial charge is 0.472 e. The van der Waals surface area contributed by atoms with Crippen LogP contribution in [0.3, 0.4) is 0 Å². The number of hydrogen-bond donors (Lipinski definition) is 2. The summed E-state index contributed by atoms with van der Waals surface area (Å²) < 4.78 is 33.8. The second kappa shape index (κ2) is 40.4. The van der Waals surface area contributed by atoms with Crippen molar-refractivity contribution >= 4 is 47.3 Å². The molecule has 2 atom stereocenters. The average molecular weight is 889 g/mol. The third-order valence-electron chi connectivity index (χ3n) is 9.99. The lowest BCUT2D eigenvalue weighted by molar-refractivity contribution is -0.161. The second-order valence-electron chi connectivity index (χ2n) is 15.6. The summed E-state index contributed by atoms with van der Waals surface area (Å²) in [6.45, 7) is 3.48. The van der Waals surface area contributed by atoms with Crippen molar-refractivity contribution in [1.29, 1.82) is 0 Å². The first-order valence-electron chi connectivity index (χ1n) is 23.2. The molecule has 1 unspecified atom stereocenters. The Labute approximate surface area is 366 Å². The van der Waals surface area contributed by atoms with E-state index in [0.717, 1.165) is 43.6 Å². The Morgan fingerprint density at radius 1 is 0.661 bits per heavy atom. The molecule has 1 heterocycles. The van der Waals surface area contributed by atoms with Crippen LogP contribution in [-0.4, -0.2) is 65.9 Å². The molecule has 11 nitrogen and oxygen atoms in total. The predicted octanol–water partition coefficient (Wildman–Crippen LogP) is 12.9. The smallest absolute Gasteiger partial charge is 0.462 e. The highest BCUT2D eigenvalue weighted by Gasteiger charge is 2.26. The summed E-state index contributed by atoms with van der Waals surface area (Å²) in [6, 6.07) is 5.64. The van der Waals surface area contributed by atoms with Gasteiger partial charge in [0, 0.05) is 37.8 Å². The van der Waals surface area contributed by atoms with E-state index in [1.165, 1.54) is 144 Å². The van der Waals surface area contributed by atoms with Crippen LogP contribution in [-0.2, 0) is 37.5 Å². The third-order valence-corrected chi connectivity index (χ3v) is 13.2. The van der Waals surface area contributed by atoms with Crippen LogP contribution in [0.2, 0.25) is 0 Å². The average Bonchev–Trinajstić information content (AvgIpc) is 3.23. The molecule has 0 saturated heterocycles. The van der Waals surface area contributed by atoms with E-state index in [-0.39, 0.29) is 44.9 Å². The normalized spacial score (nSPS) is 12.9. The van der Waals surface area contributed by atoms with Crippen LogP contribution >= 0.6 is 29.4 Å². The zero-order valence-corrected chi connectivity index (χ0v) is 39.4. The minimum Gasteiger partial charge on any atom is -0.462 e. The van der Waals surface area contributed by atoms with Gasteiger partial charge in [-0.05, 0) is 35.8 Å². The quantitative estimate of drug-likeness (QED) is 0.0278. The monoisotopic (exact) mass is 889 g/mol. The van der Waals surface area contributed by atoms with E-state index < -0.39 is 32.5 Å². The molecular weight excluding hydrogens is 808 g/mol.